The van der Waals surface area contributed by atoms with E-state index in [4.69, 9.17) is 9.47 Å². The summed E-state index contributed by atoms with van der Waals surface area (Å²) in [6, 6.07) is 16.1. The van der Waals surface area contributed by atoms with Gasteiger partial charge < -0.3 is 25.0 Å². The van der Waals surface area contributed by atoms with Crippen molar-refractivity contribution in [3.63, 3.8) is 0 Å². The zero-order valence-electron chi connectivity index (χ0n) is 23.9. The van der Waals surface area contributed by atoms with Crippen LogP contribution in [0.3, 0.4) is 0 Å². The van der Waals surface area contributed by atoms with E-state index in [2.05, 4.69) is 20.6 Å². The molecule has 3 rings (SSSR count). The Morgan fingerprint density at radius 1 is 0.805 bits per heavy atom. The highest BCUT2D eigenvalue weighted by molar-refractivity contribution is 5.85. The van der Waals surface area contributed by atoms with Crippen LogP contribution >= 0.6 is 0 Å². The second kappa shape index (κ2) is 16.0. The lowest BCUT2D eigenvalue weighted by Gasteiger charge is -2.29. The molecule has 2 aromatic heterocycles. The van der Waals surface area contributed by atoms with Crippen LogP contribution in [-0.2, 0) is 33.9 Å². The van der Waals surface area contributed by atoms with Crippen molar-refractivity contribution in [2.45, 2.75) is 71.3 Å². The predicted molar refractivity (Wildman–Crippen MR) is 154 cm³/mol. The molecule has 0 aliphatic heterocycles. The summed E-state index contributed by atoms with van der Waals surface area (Å²) in [7, 11) is 0. The molecule has 41 heavy (non-hydrogen) atoms. The fraction of sp³-hybridized carbons (Fsp3) is 0.387. The molecule has 0 radical (unpaired) electrons. The van der Waals surface area contributed by atoms with E-state index in [1.165, 1.54) is 0 Å². The number of alkyl carbamates (subject to hydrolysis) is 2. The Labute approximate surface area is 241 Å². The molecule has 0 bridgehead atoms. The second-order valence-electron chi connectivity index (χ2n) is 10.6. The summed E-state index contributed by atoms with van der Waals surface area (Å²) in [5.74, 6) is -0.244. The van der Waals surface area contributed by atoms with E-state index >= 15 is 0 Å². The van der Waals surface area contributed by atoms with Crippen molar-refractivity contribution in [2.75, 3.05) is 6.61 Å². The van der Waals surface area contributed by atoms with Gasteiger partial charge in [-0.25, -0.2) is 9.59 Å². The SMILES string of the molecule is CC(C)(C)OC(=O)N[C@@H](CCCCOC(=O)NCc1ccccc1)C(=O)N(Cc1ccncc1)Cc1ccncc1. The summed E-state index contributed by atoms with van der Waals surface area (Å²) in [5, 5.41) is 5.49. The molecule has 0 saturated heterocycles. The number of rotatable bonds is 13. The Balaban J connectivity index is 1.61. The van der Waals surface area contributed by atoms with Gasteiger partial charge in [-0.2, -0.15) is 0 Å². The van der Waals surface area contributed by atoms with Gasteiger partial charge in [-0.3, -0.25) is 14.8 Å². The number of benzene rings is 1. The van der Waals surface area contributed by atoms with E-state index in [9.17, 15) is 14.4 Å². The van der Waals surface area contributed by atoms with Crippen LogP contribution in [0.4, 0.5) is 9.59 Å². The molecule has 0 spiro atoms. The van der Waals surface area contributed by atoms with E-state index < -0.39 is 23.8 Å². The maximum atomic E-state index is 13.9. The molecule has 0 aliphatic rings. The average Bonchev–Trinajstić information content (AvgIpc) is 2.95. The van der Waals surface area contributed by atoms with Crippen LogP contribution in [0.2, 0.25) is 0 Å². The first-order valence-electron chi connectivity index (χ1n) is 13.7. The minimum atomic E-state index is -0.833. The summed E-state index contributed by atoms with van der Waals surface area (Å²) in [6.07, 6.45) is 6.94. The molecular weight excluding hydrogens is 522 g/mol. The first-order valence-corrected chi connectivity index (χ1v) is 13.7. The molecule has 1 atom stereocenters. The van der Waals surface area contributed by atoms with Gasteiger partial charge >= 0.3 is 12.2 Å². The first kappa shape index (κ1) is 31.1. The topological polar surface area (TPSA) is 123 Å². The molecule has 218 valence electrons. The number of aromatic nitrogens is 2. The summed E-state index contributed by atoms with van der Waals surface area (Å²) in [5.41, 5.74) is 2.08. The van der Waals surface area contributed by atoms with Crippen molar-refractivity contribution >= 4 is 18.1 Å². The van der Waals surface area contributed by atoms with Gasteiger partial charge in [0.15, 0.2) is 0 Å². The molecule has 0 unspecified atom stereocenters. The summed E-state index contributed by atoms with van der Waals surface area (Å²) in [6.45, 7) is 6.53. The van der Waals surface area contributed by atoms with Crippen molar-refractivity contribution in [2.24, 2.45) is 0 Å². The summed E-state index contributed by atoms with van der Waals surface area (Å²) < 4.78 is 10.7. The largest absolute Gasteiger partial charge is 0.450 e. The molecule has 2 heterocycles. The van der Waals surface area contributed by atoms with Crippen LogP contribution in [0.25, 0.3) is 0 Å². The minimum absolute atomic E-state index is 0.186. The van der Waals surface area contributed by atoms with Crippen molar-refractivity contribution in [1.29, 1.82) is 0 Å². The van der Waals surface area contributed by atoms with Gasteiger partial charge in [0.1, 0.15) is 11.6 Å². The Morgan fingerprint density at radius 3 is 1.95 bits per heavy atom. The Hall–Kier alpha value is -4.47. The number of hydrogen-bond donors (Lipinski definition) is 2. The van der Waals surface area contributed by atoms with E-state index in [1.807, 2.05) is 54.6 Å². The number of carbonyl (C=O) groups excluding carboxylic acids is 3. The second-order valence-corrected chi connectivity index (χ2v) is 10.6. The van der Waals surface area contributed by atoms with E-state index in [0.717, 1.165) is 16.7 Å². The molecule has 1 aromatic carbocycles. The smallest absolute Gasteiger partial charge is 0.408 e. The molecule has 0 saturated carbocycles. The molecule has 3 aromatic rings. The molecular formula is C31H39N5O5. The van der Waals surface area contributed by atoms with Gasteiger partial charge in [-0.05, 0) is 81.0 Å². The third kappa shape index (κ3) is 12.1. The number of amides is 3. The van der Waals surface area contributed by atoms with Gasteiger partial charge in [-0.1, -0.05) is 30.3 Å². The van der Waals surface area contributed by atoms with Crippen LogP contribution in [0, 0.1) is 0 Å². The standard InChI is InChI=1S/C31H39N5O5/c1-31(2,3)41-30(39)35-27(11-7-8-20-40-29(38)34-21-24-9-5-4-6-10-24)28(37)36(22-25-12-16-32-17-13-25)23-26-14-18-33-19-15-26/h4-6,9-10,12-19,27H,7-8,11,20-23H2,1-3H3,(H,34,38)(H,35,39)/t27-/m0/s1. The third-order valence-corrected chi connectivity index (χ3v) is 5.95. The minimum Gasteiger partial charge on any atom is -0.450 e. The molecule has 0 fully saturated rings. The monoisotopic (exact) mass is 561 g/mol. The fourth-order valence-electron chi connectivity index (χ4n) is 3.99. The van der Waals surface area contributed by atoms with E-state index in [-0.39, 0.29) is 12.5 Å². The number of pyridine rings is 2. The lowest BCUT2D eigenvalue weighted by Crippen LogP contribution is -2.49. The van der Waals surface area contributed by atoms with E-state index in [0.29, 0.717) is 38.9 Å². The number of carbonyl (C=O) groups is 3. The van der Waals surface area contributed by atoms with Crippen molar-refractivity contribution in [3.05, 3.63) is 96.1 Å². The van der Waals surface area contributed by atoms with Crippen molar-refractivity contribution < 1.29 is 23.9 Å². The Morgan fingerprint density at radius 2 is 1.39 bits per heavy atom. The van der Waals surface area contributed by atoms with Crippen molar-refractivity contribution in [1.82, 2.24) is 25.5 Å². The average molecular weight is 562 g/mol. The van der Waals surface area contributed by atoms with Crippen LogP contribution in [0.5, 0.6) is 0 Å². The third-order valence-electron chi connectivity index (χ3n) is 5.95. The predicted octanol–water partition coefficient (Wildman–Crippen LogP) is 5.00. The molecule has 10 nitrogen and oxygen atoms in total. The number of hydrogen-bond acceptors (Lipinski definition) is 7. The van der Waals surface area contributed by atoms with Gasteiger partial charge in [-0.15, -0.1) is 0 Å². The zero-order chi connectivity index (χ0) is 29.5. The highest BCUT2D eigenvalue weighted by Crippen LogP contribution is 2.15. The van der Waals surface area contributed by atoms with Crippen LogP contribution in [0.1, 0.15) is 56.7 Å². The maximum absolute atomic E-state index is 13.9. The van der Waals surface area contributed by atoms with Crippen LogP contribution in [0.15, 0.2) is 79.4 Å². The normalized spacial score (nSPS) is 11.7. The number of unbranched alkanes of at least 4 members (excludes halogenated alkanes) is 1. The molecule has 2 N–H and O–H groups in total. The lowest BCUT2D eigenvalue weighted by atomic mass is 10.1. The van der Waals surface area contributed by atoms with Crippen molar-refractivity contribution in [3.8, 4) is 0 Å². The molecule has 0 aliphatic carbocycles. The van der Waals surface area contributed by atoms with E-state index in [1.54, 1.807) is 50.5 Å². The maximum Gasteiger partial charge on any atom is 0.408 e. The van der Waals surface area contributed by atoms with Gasteiger partial charge in [0, 0.05) is 44.4 Å². The van der Waals surface area contributed by atoms with Gasteiger partial charge in [0.2, 0.25) is 5.91 Å². The number of ether oxygens (including phenoxy) is 2. The van der Waals surface area contributed by atoms with Crippen LogP contribution in [-0.4, -0.2) is 51.2 Å². The highest BCUT2D eigenvalue weighted by Gasteiger charge is 2.28. The number of nitrogens with zero attached hydrogens (tertiary/aromatic N) is 3. The molecule has 3 amide bonds. The quantitative estimate of drug-likeness (QED) is 0.282. The van der Waals surface area contributed by atoms with Crippen LogP contribution < -0.4 is 10.6 Å². The number of nitrogens with one attached hydrogen (secondary N) is 2. The fourth-order valence-corrected chi connectivity index (χ4v) is 3.99. The Bertz CT molecular complexity index is 1180. The summed E-state index contributed by atoms with van der Waals surface area (Å²) in [4.78, 5) is 48.4. The molecule has 10 heteroatoms. The highest BCUT2D eigenvalue weighted by atomic mass is 16.6. The zero-order valence-corrected chi connectivity index (χ0v) is 23.9. The van der Waals surface area contributed by atoms with Gasteiger partial charge in [0.25, 0.3) is 0 Å². The summed E-state index contributed by atoms with van der Waals surface area (Å²) >= 11 is 0. The lowest BCUT2D eigenvalue weighted by molar-refractivity contribution is -0.135. The first-order chi connectivity index (χ1) is 19.7. The Kier molecular flexibility index (Phi) is 12.1. The van der Waals surface area contributed by atoms with Gasteiger partial charge in [0.05, 0.1) is 6.61 Å².